The molecule has 9 heteroatoms. The van der Waals surface area contributed by atoms with E-state index < -0.39 is 35.5 Å². The molecule has 5 rings (SSSR count). The lowest BCUT2D eigenvalue weighted by Gasteiger charge is -2.26. The van der Waals surface area contributed by atoms with E-state index in [9.17, 15) is 27.6 Å². The average Bonchev–Trinajstić information content (AvgIpc) is 3.12. The zero-order valence-electron chi connectivity index (χ0n) is 18.6. The van der Waals surface area contributed by atoms with E-state index in [1.165, 1.54) is 24.3 Å². The number of hydrogen-bond acceptors (Lipinski definition) is 4. The van der Waals surface area contributed by atoms with E-state index >= 15 is 0 Å². The molecule has 0 aliphatic carbocycles. The number of amides is 3. The molecule has 1 atom stereocenters. The van der Waals surface area contributed by atoms with Crippen molar-refractivity contribution in [2.45, 2.75) is 18.6 Å². The maximum absolute atomic E-state index is 13.6. The molecule has 3 amide bonds. The smallest absolute Gasteiger partial charge is 0.322 e. The number of alkyl halides is 3. The normalized spacial score (nSPS) is 14.1. The van der Waals surface area contributed by atoms with Gasteiger partial charge in [-0.15, -0.1) is 0 Å². The highest BCUT2D eigenvalue weighted by atomic mass is 19.4. The number of pyridine rings is 1. The maximum Gasteiger partial charge on any atom is 0.416 e. The van der Waals surface area contributed by atoms with Crippen molar-refractivity contribution in [3.63, 3.8) is 0 Å². The number of halogens is 3. The fraction of sp³-hybridized carbons (Fsp3) is 0.111. The summed E-state index contributed by atoms with van der Waals surface area (Å²) in [6.07, 6.45) is -3.12. The summed E-state index contributed by atoms with van der Waals surface area (Å²) in [5.74, 6) is -1.94. The Morgan fingerprint density at radius 1 is 0.861 bits per heavy atom. The zero-order valence-corrected chi connectivity index (χ0v) is 18.6. The number of nitrogens with one attached hydrogen (secondary N) is 1. The summed E-state index contributed by atoms with van der Waals surface area (Å²) < 4.78 is 39.0. The SMILES string of the molecule is O=C(Nc1cccc2cccnc12)C(Cc1ccc(C(F)(F)F)cc1)N1C(=O)c2ccccc2C1=O. The van der Waals surface area contributed by atoms with Crippen LogP contribution < -0.4 is 5.32 Å². The van der Waals surface area contributed by atoms with Crippen LogP contribution in [-0.2, 0) is 17.4 Å². The fourth-order valence-corrected chi connectivity index (χ4v) is 4.27. The molecule has 6 nitrogen and oxygen atoms in total. The molecule has 0 spiro atoms. The number of imide groups is 1. The van der Waals surface area contributed by atoms with Crippen molar-refractivity contribution < 1.29 is 27.6 Å². The molecule has 4 aromatic rings. The van der Waals surface area contributed by atoms with E-state index in [-0.39, 0.29) is 17.5 Å². The van der Waals surface area contributed by atoms with Gasteiger partial charge in [-0.3, -0.25) is 24.3 Å². The van der Waals surface area contributed by atoms with E-state index in [1.807, 2.05) is 12.1 Å². The predicted octanol–water partition coefficient (Wildman–Crippen LogP) is 5.10. The highest BCUT2D eigenvalue weighted by Crippen LogP contribution is 2.31. The Kier molecular flexibility index (Phi) is 5.75. The molecule has 0 saturated heterocycles. The van der Waals surface area contributed by atoms with Crippen molar-refractivity contribution in [2.24, 2.45) is 0 Å². The van der Waals surface area contributed by atoms with Gasteiger partial charge in [0.05, 0.1) is 27.9 Å². The number of nitrogens with zero attached hydrogens (tertiary/aromatic N) is 2. The summed E-state index contributed by atoms with van der Waals surface area (Å²) in [6, 6.07) is 18.0. The van der Waals surface area contributed by atoms with Crippen LogP contribution >= 0.6 is 0 Å². The summed E-state index contributed by atoms with van der Waals surface area (Å²) in [5.41, 5.74) is 0.751. The summed E-state index contributed by atoms with van der Waals surface area (Å²) >= 11 is 0. The molecule has 0 saturated carbocycles. The average molecular weight is 489 g/mol. The van der Waals surface area contributed by atoms with Crippen molar-refractivity contribution in [2.75, 3.05) is 5.32 Å². The van der Waals surface area contributed by atoms with Crippen LogP contribution in [0.2, 0.25) is 0 Å². The first-order valence-corrected chi connectivity index (χ1v) is 11.0. The maximum atomic E-state index is 13.6. The number of carbonyl (C=O) groups is 3. The molecule has 1 N–H and O–H groups in total. The number of carbonyl (C=O) groups excluding carboxylic acids is 3. The van der Waals surface area contributed by atoms with Gasteiger partial charge >= 0.3 is 6.18 Å². The van der Waals surface area contributed by atoms with Gasteiger partial charge in [0.2, 0.25) is 5.91 Å². The number of anilines is 1. The minimum Gasteiger partial charge on any atom is -0.322 e. The lowest BCUT2D eigenvalue weighted by Crippen LogP contribution is -2.48. The summed E-state index contributed by atoms with van der Waals surface area (Å²) in [5, 5.41) is 3.53. The lowest BCUT2D eigenvalue weighted by molar-refractivity contribution is -0.137. The molecular weight excluding hydrogens is 471 g/mol. The first kappa shape index (κ1) is 23.2. The number of fused-ring (bicyclic) bond motifs is 2. The largest absolute Gasteiger partial charge is 0.416 e. The minimum atomic E-state index is -4.51. The molecule has 1 aromatic heterocycles. The number of hydrogen-bond donors (Lipinski definition) is 1. The Morgan fingerprint density at radius 2 is 1.50 bits per heavy atom. The predicted molar refractivity (Wildman–Crippen MR) is 126 cm³/mol. The highest BCUT2D eigenvalue weighted by molar-refractivity contribution is 6.23. The van der Waals surface area contributed by atoms with Crippen LogP contribution in [0.5, 0.6) is 0 Å². The van der Waals surface area contributed by atoms with Crippen molar-refractivity contribution in [1.82, 2.24) is 9.88 Å². The molecule has 2 heterocycles. The molecule has 36 heavy (non-hydrogen) atoms. The fourth-order valence-electron chi connectivity index (χ4n) is 4.27. The number of para-hydroxylation sites is 1. The van der Waals surface area contributed by atoms with Gasteiger partial charge < -0.3 is 5.32 Å². The van der Waals surface area contributed by atoms with E-state index in [0.29, 0.717) is 16.8 Å². The molecule has 1 aliphatic rings. The Labute approximate surface area is 203 Å². The van der Waals surface area contributed by atoms with Crippen molar-refractivity contribution >= 4 is 34.3 Å². The van der Waals surface area contributed by atoms with Crippen molar-refractivity contribution in [3.05, 3.63) is 107 Å². The lowest BCUT2D eigenvalue weighted by atomic mass is 10.0. The van der Waals surface area contributed by atoms with Crippen LogP contribution in [0.15, 0.2) is 85.1 Å². The molecule has 180 valence electrons. The van der Waals surface area contributed by atoms with Gasteiger partial charge in [-0.05, 0) is 42.0 Å². The van der Waals surface area contributed by atoms with Gasteiger partial charge in [0.25, 0.3) is 11.8 Å². The van der Waals surface area contributed by atoms with Crippen LogP contribution in [0.1, 0.15) is 31.8 Å². The topological polar surface area (TPSA) is 79.4 Å². The van der Waals surface area contributed by atoms with E-state index in [4.69, 9.17) is 0 Å². The van der Waals surface area contributed by atoms with E-state index in [0.717, 1.165) is 22.4 Å². The summed E-state index contributed by atoms with van der Waals surface area (Å²) in [6.45, 7) is 0. The molecule has 1 unspecified atom stereocenters. The van der Waals surface area contributed by atoms with Gasteiger partial charge in [-0.1, -0.05) is 42.5 Å². The van der Waals surface area contributed by atoms with Crippen LogP contribution in [0.4, 0.5) is 18.9 Å². The Bertz CT molecular complexity index is 1460. The zero-order chi connectivity index (χ0) is 25.4. The third kappa shape index (κ3) is 4.19. The molecular formula is C27H18F3N3O3. The Balaban J connectivity index is 1.51. The third-order valence-electron chi connectivity index (χ3n) is 6.04. The molecule has 0 bridgehead atoms. The first-order valence-electron chi connectivity index (χ1n) is 11.0. The van der Waals surface area contributed by atoms with E-state index in [2.05, 4.69) is 10.3 Å². The minimum absolute atomic E-state index is 0.166. The first-order chi connectivity index (χ1) is 17.2. The van der Waals surface area contributed by atoms with Crippen LogP contribution in [-0.4, -0.2) is 33.6 Å². The molecule has 0 fully saturated rings. The second-order valence-corrected chi connectivity index (χ2v) is 8.31. The molecule has 0 radical (unpaired) electrons. The van der Waals surface area contributed by atoms with Gasteiger partial charge in [-0.2, -0.15) is 13.2 Å². The van der Waals surface area contributed by atoms with E-state index in [1.54, 1.807) is 36.5 Å². The van der Waals surface area contributed by atoms with Crippen LogP contribution in [0.25, 0.3) is 10.9 Å². The van der Waals surface area contributed by atoms with Gasteiger partial charge in [-0.25, -0.2) is 0 Å². The highest BCUT2D eigenvalue weighted by Gasteiger charge is 2.43. The van der Waals surface area contributed by atoms with Gasteiger partial charge in [0.15, 0.2) is 0 Å². The monoisotopic (exact) mass is 489 g/mol. The quantitative estimate of drug-likeness (QED) is 0.396. The second kappa shape index (κ2) is 8.92. The Morgan fingerprint density at radius 3 is 2.14 bits per heavy atom. The number of aromatic nitrogens is 1. The number of rotatable bonds is 5. The summed E-state index contributed by atoms with van der Waals surface area (Å²) in [7, 11) is 0. The summed E-state index contributed by atoms with van der Waals surface area (Å²) in [4.78, 5) is 45.0. The van der Waals surface area contributed by atoms with Crippen LogP contribution in [0, 0.1) is 0 Å². The molecule has 3 aromatic carbocycles. The van der Waals surface area contributed by atoms with Crippen molar-refractivity contribution in [3.8, 4) is 0 Å². The van der Waals surface area contributed by atoms with Gasteiger partial charge in [0, 0.05) is 18.0 Å². The van der Waals surface area contributed by atoms with Crippen molar-refractivity contribution in [1.29, 1.82) is 0 Å². The molecule has 1 aliphatic heterocycles. The number of benzene rings is 3. The Hall–Kier alpha value is -4.53. The van der Waals surface area contributed by atoms with Crippen LogP contribution in [0.3, 0.4) is 0 Å². The standard InChI is InChI=1S/C27H18F3N3O3/c28-27(29,30)18-12-10-16(11-13-18)15-22(33-25(35)19-7-1-2-8-20(19)26(33)36)24(34)32-21-9-3-5-17-6-4-14-31-23(17)21/h1-14,22H,15H2,(H,32,34). The second-order valence-electron chi connectivity index (χ2n) is 8.31. The third-order valence-corrected chi connectivity index (χ3v) is 6.04. The van der Waals surface area contributed by atoms with Gasteiger partial charge in [0.1, 0.15) is 6.04 Å².